The van der Waals surface area contributed by atoms with Crippen LogP contribution in [0.4, 0.5) is 25.8 Å². The first kappa shape index (κ1) is 22.0. The number of carboxylic acids is 1. The van der Waals surface area contributed by atoms with Crippen LogP contribution < -0.4 is 9.80 Å². The summed E-state index contributed by atoms with van der Waals surface area (Å²) in [6, 6.07) is 12.1. The standard InChI is InChI=1S/C26H23F2N3O3/c1-30-22-12-18(7-4-15(22)6-9-24(30)32)31-10-2-3-16-11-19(20(25(27)28)13-23(16)31)17-5-8-21(26(33)34)29-14-17/h4-5,7-8,11-14,25H,2-3,6,9-10H2,1H3,(H,33,34). The highest BCUT2D eigenvalue weighted by atomic mass is 19.3. The highest BCUT2D eigenvalue weighted by molar-refractivity contribution is 5.96. The van der Waals surface area contributed by atoms with E-state index >= 15 is 0 Å². The van der Waals surface area contributed by atoms with E-state index in [0.717, 1.165) is 41.0 Å². The Morgan fingerprint density at radius 3 is 2.56 bits per heavy atom. The Balaban J connectivity index is 1.58. The van der Waals surface area contributed by atoms with E-state index in [0.29, 0.717) is 30.5 Å². The summed E-state index contributed by atoms with van der Waals surface area (Å²) in [4.78, 5) is 30.9. The predicted molar refractivity (Wildman–Crippen MR) is 125 cm³/mol. The van der Waals surface area contributed by atoms with E-state index < -0.39 is 12.4 Å². The Labute approximate surface area is 195 Å². The molecule has 0 fully saturated rings. The van der Waals surface area contributed by atoms with Crippen LogP contribution in [0, 0.1) is 0 Å². The fourth-order valence-corrected chi connectivity index (χ4v) is 4.81. The molecule has 0 spiro atoms. The molecular weight excluding hydrogens is 440 g/mol. The molecule has 0 unspecified atom stereocenters. The monoisotopic (exact) mass is 463 g/mol. The van der Waals surface area contributed by atoms with Gasteiger partial charge in [-0.1, -0.05) is 12.1 Å². The van der Waals surface area contributed by atoms with E-state index in [9.17, 15) is 18.4 Å². The Morgan fingerprint density at radius 2 is 1.85 bits per heavy atom. The summed E-state index contributed by atoms with van der Waals surface area (Å²) < 4.78 is 28.3. The van der Waals surface area contributed by atoms with Crippen molar-refractivity contribution in [1.29, 1.82) is 0 Å². The van der Waals surface area contributed by atoms with Crippen LogP contribution in [0.15, 0.2) is 48.7 Å². The van der Waals surface area contributed by atoms with Gasteiger partial charge in [-0.15, -0.1) is 0 Å². The van der Waals surface area contributed by atoms with Crippen molar-refractivity contribution < 1.29 is 23.5 Å². The van der Waals surface area contributed by atoms with E-state index in [1.54, 1.807) is 18.0 Å². The number of alkyl halides is 2. The predicted octanol–water partition coefficient (Wildman–Crippen LogP) is 5.38. The van der Waals surface area contributed by atoms with E-state index in [-0.39, 0.29) is 17.2 Å². The molecule has 2 aliphatic rings. The zero-order valence-corrected chi connectivity index (χ0v) is 18.6. The molecule has 8 heteroatoms. The van der Waals surface area contributed by atoms with E-state index in [1.165, 1.54) is 24.4 Å². The number of pyridine rings is 1. The summed E-state index contributed by atoms with van der Waals surface area (Å²) in [5.41, 5.74) is 5.04. The molecule has 1 aromatic heterocycles. The molecule has 1 N–H and O–H groups in total. The lowest BCUT2D eigenvalue weighted by Crippen LogP contribution is -2.31. The second kappa shape index (κ2) is 8.52. The number of amides is 1. The zero-order chi connectivity index (χ0) is 24.0. The number of carboxylic acid groups (broad SMARTS) is 1. The van der Waals surface area contributed by atoms with Crippen molar-refractivity contribution in [3.63, 3.8) is 0 Å². The number of carbonyl (C=O) groups excluding carboxylic acids is 1. The summed E-state index contributed by atoms with van der Waals surface area (Å²) in [6.07, 6.45) is 1.39. The van der Waals surface area contributed by atoms with Gasteiger partial charge in [0.15, 0.2) is 0 Å². The van der Waals surface area contributed by atoms with Crippen molar-refractivity contribution in [3.05, 3.63) is 71.0 Å². The second-order valence-electron chi connectivity index (χ2n) is 8.63. The number of nitrogens with zero attached hydrogens (tertiary/aromatic N) is 3. The van der Waals surface area contributed by atoms with Crippen LogP contribution in [0.2, 0.25) is 0 Å². The molecule has 3 aromatic rings. The van der Waals surface area contributed by atoms with Crippen LogP contribution in [0.5, 0.6) is 0 Å². The maximum Gasteiger partial charge on any atom is 0.354 e. The molecule has 5 rings (SSSR count). The first-order valence-electron chi connectivity index (χ1n) is 11.1. The number of hydrogen-bond acceptors (Lipinski definition) is 4. The van der Waals surface area contributed by atoms with Gasteiger partial charge in [0.05, 0.1) is 0 Å². The minimum absolute atomic E-state index is 0.0656. The molecule has 6 nitrogen and oxygen atoms in total. The number of halogens is 2. The van der Waals surface area contributed by atoms with Gasteiger partial charge in [-0.2, -0.15) is 0 Å². The fraction of sp³-hybridized carbons (Fsp3) is 0.269. The Bertz CT molecular complexity index is 1290. The topological polar surface area (TPSA) is 73.7 Å². The Kier molecular flexibility index (Phi) is 5.51. The summed E-state index contributed by atoms with van der Waals surface area (Å²) >= 11 is 0. The molecule has 2 aliphatic heterocycles. The van der Waals surface area contributed by atoms with Gasteiger partial charge < -0.3 is 14.9 Å². The van der Waals surface area contributed by atoms with Gasteiger partial charge in [0.25, 0.3) is 6.43 Å². The van der Waals surface area contributed by atoms with Crippen molar-refractivity contribution in [2.24, 2.45) is 0 Å². The van der Waals surface area contributed by atoms with Crippen molar-refractivity contribution in [2.75, 3.05) is 23.4 Å². The smallest absolute Gasteiger partial charge is 0.354 e. The Morgan fingerprint density at radius 1 is 1.03 bits per heavy atom. The summed E-state index contributed by atoms with van der Waals surface area (Å²) in [5.74, 6) is -1.10. The second-order valence-corrected chi connectivity index (χ2v) is 8.63. The number of anilines is 3. The SMILES string of the molecule is CN1C(=O)CCc2ccc(N3CCCc4cc(-c5ccc(C(=O)O)nc5)c(C(F)F)cc43)cc21. The number of fused-ring (bicyclic) bond motifs is 2. The van der Waals surface area contributed by atoms with Gasteiger partial charge >= 0.3 is 5.97 Å². The molecule has 2 aromatic carbocycles. The number of carbonyl (C=O) groups is 2. The minimum atomic E-state index is -2.71. The van der Waals surface area contributed by atoms with E-state index in [4.69, 9.17) is 5.11 Å². The zero-order valence-electron chi connectivity index (χ0n) is 18.6. The van der Waals surface area contributed by atoms with Gasteiger partial charge in [-0.05, 0) is 66.3 Å². The maximum absolute atomic E-state index is 14.2. The number of rotatable bonds is 4. The lowest BCUT2D eigenvalue weighted by molar-refractivity contribution is -0.118. The van der Waals surface area contributed by atoms with Crippen LogP contribution in [-0.4, -0.2) is 35.6 Å². The average molecular weight is 463 g/mol. The number of aromatic carboxylic acids is 1. The van der Waals surface area contributed by atoms with Crippen LogP contribution in [0.1, 0.15) is 46.4 Å². The molecule has 0 saturated carbocycles. The van der Waals surface area contributed by atoms with Crippen LogP contribution in [-0.2, 0) is 17.6 Å². The van der Waals surface area contributed by atoms with Crippen molar-refractivity contribution in [1.82, 2.24) is 4.98 Å². The van der Waals surface area contributed by atoms with Gasteiger partial charge in [-0.25, -0.2) is 18.6 Å². The van der Waals surface area contributed by atoms with Crippen LogP contribution in [0.25, 0.3) is 11.1 Å². The summed E-state index contributed by atoms with van der Waals surface area (Å²) in [7, 11) is 1.76. The first-order valence-corrected chi connectivity index (χ1v) is 11.1. The molecule has 0 saturated heterocycles. The van der Waals surface area contributed by atoms with E-state index in [1.807, 2.05) is 23.1 Å². The molecule has 174 valence electrons. The third-order valence-corrected chi connectivity index (χ3v) is 6.62. The Hall–Kier alpha value is -3.81. The lowest BCUT2D eigenvalue weighted by atomic mass is 9.92. The molecule has 0 bridgehead atoms. The lowest BCUT2D eigenvalue weighted by Gasteiger charge is -2.34. The number of benzene rings is 2. The molecular formula is C26H23F2N3O3. The molecule has 0 aliphatic carbocycles. The van der Waals surface area contributed by atoms with Crippen molar-refractivity contribution >= 4 is 28.9 Å². The minimum Gasteiger partial charge on any atom is -0.477 e. The van der Waals surface area contributed by atoms with Crippen molar-refractivity contribution in [2.45, 2.75) is 32.1 Å². The van der Waals surface area contributed by atoms with Gasteiger partial charge in [0.1, 0.15) is 5.69 Å². The number of aryl methyl sites for hydroxylation is 2. The third kappa shape index (κ3) is 3.79. The largest absolute Gasteiger partial charge is 0.477 e. The van der Waals surface area contributed by atoms with Crippen LogP contribution in [0.3, 0.4) is 0 Å². The normalized spacial score (nSPS) is 15.4. The highest BCUT2D eigenvalue weighted by Crippen LogP contribution is 2.42. The van der Waals surface area contributed by atoms with E-state index in [2.05, 4.69) is 4.98 Å². The third-order valence-electron chi connectivity index (χ3n) is 6.62. The van der Waals surface area contributed by atoms with Crippen LogP contribution >= 0.6 is 0 Å². The molecule has 0 radical (unpaired) electrons. The number of aromatic nitrogens is 1. The fourth-order valence-electron chi connectivity index (χ4n) is 4.81. The van der Waals surface area contributed by atoms with Crippen molar-refractivity contribution in [3.8, 4) is 11.1 Å². The maximum atomic E-state index is 14.2. The van der Waals surface area contributed by atoms with Gasteiger partial charge in [-0.3, -0.25) is 4.79 Å². The summed E-state index contributed by atoms with van der Waals surface area (Å²) in [5, 5.41) is 9.08. The molecule has 1 amide bonds. The molecule has 0 atom stereocenters. The average Bonchev–Trinajstić information content (AvgIpc) is 2.85. The summed E-state index contributed by atoms with van der Waals surface area (Å²) in [6.45, 7) is 0.681. The molecule has 3 heterocycles. The quantitative estimate of drug-likeness (QED) is 0.563. The van der Waals surface area contributed by atoms with Gasteiger partial charge in [0, 0.05) is 54.4 Å². The molecule has 34 heavy (non-hydrogen) atoms. The number of hydrogen-bond donors (Lipinski definition) is 1. The highest BCUT2D eigenvalue weighted by Gasteiger charge is 2.27. The first-order chi connectivity index (χ1) is 16.3. The van der Waals surface area contributed by atoms with Gasteiger partial charge in [0.2, 0.25) is 5.91 Å².